The second kappa shape index (κ2) is 12.7. The van der Waals surface area contributed by atoms with Crippen LogP contribution in [-0.2, 0) is 28.9 Å². The van der Waals surface area contributed by atoms with Crippen molar-refractivity contribution >= 4 is 29.1 Å². The molecule has 0 aliphatic heterocycles. The predicted octanol–water partition coefficient (Wildman–Crippen LogP) is 6.83. The molecule has 0 radical (unpaired) electrons. The van der Waals surface area contributed by atoms with Crippen LogP contribution in [0.25, 0.3) is 22.4 Å². The molecule has 12 heteroatoms. The van der Waals surface area contributed by atoms with Gasteiger partial charge >= 0.3 is 6.18 Å². The van der Waals surface area contributed by atoms with Crippen LogP contribution in [0.3, 0.4) is 0 Å². The van der Waals surface area contributed by atoms with Crippen LogP contribution in [0, 0.1) is 11.3 Å². The Kier molecular flexibility index (Phi) is 9.27. The van der Waals surface area contributed by atoms with E-state index >= 15 is 0 Å². The van der Waals surface area contributed by atoms with Crippen LogP contribution in [0.15, 0.2) is 71.5 Å². The van der Waals surface area contributed by atoms with Crippen molar-refractivity contribution in [3.8, 4) is 34.2 Å². The van der Waals surface area contributed by atoms with Crippen LogP contribution in [0.5, 0.6) is 5.75 Å². The molecule has 0 saturated heterocycles. The van der Waals surface area contributed by atoms with Gasteiger partial charge in [0.25, 0.3) is 5.56 Å². The summed E-state index contributed by atoms with van der Waals surface area (Å²) in [6.45, 7) is 1.62. The minimum Gasteiger partial charge on any atom is -0.507 e. The fourth-order valence-corrected chi connectivity index (χ4v) is 4.59. The molecule has 1 unspecified atom stereocenters. The van der Waals surface area contributed by atoms with Crippen molar-refractivity contribution in [3.63, 3.8) is 0 Å². The van der Waals surface area contributed by atoms with E-state index in [4.69, 9.17) is 27.9 Å². The van der Waals surface area contributed by atoms with Crippen molar-refractivity contribution in [2.45, 2.75) is 32.4 Å². The van der Waals surface area contributed by atoms with Gasteiger partial charge in [-0.25, -0.2) is 0 Å². The highest BCUT2D eigenvalue weighted by atomic mass is 35.5. The lowest BCUT2D eigenvalue weighted by Gasteiger charge is -2.16. The number of amides is 1. The van der Waals surface area contributed by atoms with Crippen molar-refractivity contribution in [2.24, 2.45) is 0 Å². The summed E-state index contributed by atoms with van der Waals surface area (Å²) in [6, 6.07) is 17.5. The Bertz CT molecular complexity index is 1740. The molecule has 4 aromatic rings. The Morgan fingerprint density at radius 3 is 2.45 bits per heavy atom. The summed E-state index contributed by atoms with van der Waals surface area (Å²) in [5, 5.41) is 23.3. The Labute approximate surface area is 248 Å². The number of H-pyrrole nitrogens is 1. The minimum absolute atomic E-state index is 0.00561. The van der Waals surface area contributed by atoms with Crippen LogP contribution in [0.4, 0.5) is 13.2 Å². The third-order valence-corrected chi connectivity index (χ3v) is 6.89. The highest BCUT2D eigenvalue weighted by Gasteiger charge is 2.31. The second-order valence-corrected chi connectivity index (χ2v) is 10.1. The number of phenolic OH excluding ortho intramolecular Hbond substituents is 1. The van der Waals surface area contributed by atoms with Crippen LogP contribution in [0.1, 0.15) is 29.2 Å². The van der Waals surface area contributed by atoms with E-state index in [1.165, 1.54) is 18.2 Å². The number of hydrogen-bond acceptors (Lipinski definition) is 5. The van der Waals surface area contributed by atoms with Gasteiger partial charge in [0.1, 0.15) is 23.5 Å². The Hall–Kier alpha value is -4.30. The molecule has 0 saturated carbocycles. The number of nitrogens with one attached hydrogen (secondary N) is 2. The number of aromatic nitrogens is 1. The average Bonchev–Trinajstić information content (AvgIpc) is 2.95. The number of aromatic amines is 1. The third-order valence-electron chi connectivity index (χ3n) is 6.34. The van der Waals surface area contributed by atoms with Gasteiger partial charge in [0.2, 0.25) is 5.91 Å². The summed E-state index contributed by atoms with van der Waals surface area (Å²) in [6.07, 6.45) is -5.52. The zero-order valence-corrected chi connectivity index (χ0v) is 23.4. The van der Waals surface area contributed by atoms with E-state index < -0.39 is 34.9 Å². The molecule has 7 nitrogen and oxygen atoms in total. The molecule has 1 aromatic heterocycles. The number of aromatic hydroxyl groups is 1. The van der Waals surface area contributed by atoms with Gasteiger partial charge in [-0.1, -0.05) is 53.5 Å². The summed E-state index contributed by atoms with van der Waals surface area (Å²) < 4.78 is 45.8. The molecule has 3 N–H and O–H groups in total. The molecule has 1 amide bonds. The molecule has 42 heavy (non-hydrogen) atoms. The number of phenols is 1. The van der Waals surface area contributed by atoms with E-state index in [-0.39, 0.29) is 56.9 Å². The summed E-state index contributed by atoms with van der Waals surface area (Å²) >= 11 is 12.5. The number of carbonyl (C=O) groups is 1. The van der Waals surface area contributed by atoms with Crippen LogP contribution >= 0.6 is 23.2 Å². The number of alkyl halides is 3. The van der Waals surface area contributed by atoms with Crippen molar-refractivity contribution in [1.82, 2.24) is 10.3 Å². The molecule has 0 bridgehead atoms. The van der Waals surface area contributed by atoms with Crippen LogP contribution < -0.4 is 10.9 Å². The zero-order chi connectivity index (χ0) is 30.6. The largest absolute Gasteiger partial charge is 0.507 e. The van der Waals surface area contributed by atoms with Crippen molar-refractivity contribution in [3.05, 3.63) is 109 Å². The first-order chi connectivity index (χ1) is 19.9. The van der Waals surface area contributed by atoms with Gasteiger partial charge in [-0.15, -0.1) is 0 Å². The first kappa shape index (κ1) is 30.7. The van der Waals surface area contributed by atoms with E-state index in [2.05, 4.69) is 10.3 Å². The normalized spacial score (nSPS) is 12.0. The molecular weight excluding hydrogens is 594 g/mol. The van der Waals surface area contributed by atoms with Gasteiger partial charge in [0.05, 0.1) is 17.9 Å². The smallest absolute Gasteiger partial charge is 0.416 e. The molecular formula is C30H22Cl2F3N3O4. The van der Waals surface area contributed by atoms with Crippen LogP contribution in [-0.4, -0.2) is 22.1 Å². The lowest BCUT2D eigenvalue weighted by molar-refractivity contribution is -0.137. The standard InChI is InChI=1S/C30H22Cl2F3N3O4/c1-16(42-15-17-5-3-2-4-6-17)28(40)37-14-18-9-20(31)11-23(27(18)39)26-12-21(24(13-36)29(41)38-26)22-10-19(30(33,34)35)7-8-25(22)32/h2-12,16,39H,14-15H2,1H3,(H,37,40)(H,38,41). The number of nitriles is 1. The predicted molar refractivity (Wildman–Crippen MR) is 152 cm³/mol. The molecule has 0 spiro atoms. The maximum Gasteiger partial charge on any atom is 0.416 e. The number of carbonyl (C=O) groups excluding carboxylic acids is 1. The van der Waals surface area contributed by atoms with Gasteiger partial charge in [-0.2, -0.15) is 18.4 Å². The first-order valence-corrected chi connectivity index (χ1v) is 13.1. The van der Waals surface area contributed by atoms with E-state index in [1.807, 2.05) is 30.3 Å². The maximum atomic E-state index is 13.4. The van der Waals surface area contributed by atoms with Gasteiger partial charge < -0.3 is 20.1 Å². The second-order valence-electron chi connectivity index (χ2n) is 9.22. The average molecular weight is 616 g/mol. The molecule has 1 atom stereocenters. The Morgan fingerprint density at radius 2 is 1.79 bits per heavy atom. The first-order valence-electron chi connectivity index (χ1n) is 12.4. The van der Waals surface area contributed by atoms with Crippen molar-refractivity contribution in [1.29, 1.82) is 5.26 Å². The molecule has 0 aliphatic rings. The number of ether oxygens (including phenoxy) is 1. The molecule has 0 fully saturated rings. The Balaban J connectivity index is 1.65. The summed E-state index contributed by atoms with van der Waals surface area (Å²) in [4.78, 5) is 27.9. The maximum absolute atomic E-state index is 13.4. The number of benzene rings is 3. The number of nitrogens with zero attached hydrogens (tertiary/aromatic N) is 1. The lowest BCUT2D eigenvalue weighted by atomic mass is 9.96. The Morgan fingerprint density at radius 1 is 1.07 bits per heavy atom. The topological polar surface area (TPSA) is 115 Å². The number of halogens is 5. The summed E-state index contributed by atoms with van der Waals surface area (Å²) in [5.41, 5.74) is -1.77. The molecule has 1 heterocycles. The van der Waals surface area contributed by atoms with Gasteiger partial charge in [0, 0.05) is 38.8 Å². The number of hydrogen-bond donors (Lipinski definition) is 3. The minimum atomic E-state index is -4.70. The van der Waals surface area contributed by atoms with Gasteiger partial charge in [0.15, 0.2) is 0 Å². The fourth-order valence-electron chi connectivity index (χ4n) is 4.13. The lowest BCUT2D eigenvalue weighted by Crippen LogP contribution is -2.34. The van der Waals surface area contributed by atoms with E-state index in [0.29, 0.717) is 0 Å². The zero-order valence-electron chi connectivity index (χ0n) is 21.9. The molecule has 4 rings (SSSR count). The highest BCUT2D eigenvalue weighted by molar-refractivity contribution is 6.33. The molecule has 216 valence electrons. The SMILES string of the molecule is CC(OCc1ccccc1)C(=O)NCc1cc(Cl)cc(-c2cc(-c3cc(C(F)(F)F)ccc3Cl)c(C#N)c(=O)[nH]2)c1O. The van der Waals surface area contributed by atoms with E-state index in [1.54, 1.807) is 13.0 Å². The summed E-state index contributed by atoms with van der Waals surface area (Å²) in [5.74, 6) is -0.820. The van der Waals surface area contributed by atoms with Gasteiger partial charge in [-0.05, 0) is 48.9 Å². The fraction of sp³-hybridized carbons (Fsp3) is 0.167. The summed E-state index contributed by atoms with van der Waals surface area (Å²) in [7, 11) is 0. The van der Waals surface area contributed by atoms with Crippen LogP contribution in [0.2, 0.25) is 10.0 Å². The number of pyridine rings is 1. The molecule has 0 aliphatic carbocycles. The van der Waals surface area contributed by atoms with Gasteiger partial charge in [-0.3, -0.25) is 9.59 Å². The third kappa shape index (κ3) is 6.94. The van der Waals surface area contributed by atoms with Crippen molar-refractivity contribution < 1.29 is 27.8 Å². The van der Waals surface area contributed by atoms with E-state index in [9.17, 15) is 33.1 Å². The van der Waals surface area contributed by atoms with E-state index in [0.717, 1.165) is 23.8 Å². The monoisotopic (exact) mass is 615 g/mol. The quantitative estimate of drug-likeness (QED) is 0.201. The van der Waals surface area contributed by atoms with Crippen molar-refractivity contribution in [2.75, 3.05) is 0 Å². The number of rotatable bonds is 8. The molecule has 3 aromatic carbocycles. The highest BCUT2D eigenvalue weighted by Crippen LogP contribution is 2.39.